The van der Waals surface area contributed by atoms with Crippen molar-refractivity contribution >= 4 is 12.1 Å². The smallest absolute Gasteiger partial charge is 0.404 e. The lowest BCUT2D eigenvalue weighted by atomic mass is 10.9. The number of nitrogens with one attached hydrogen (secondary N) is 1. The molecule has 5 N–H and O–H groups in total. The summed E-state index contributed by atoms with van der Waals surface area (Å²) in [5, 5.41) is 2.28. The Labute approximate surface area is 63.2 Å². The first-order valence-corrected chi connectivity index (χ1v) is 2.63. The monoisotopic (exact) mass is 162 g/mol. The zero-order valence-electron chi connectivity index (χ0n) is 6.03. The van der Waals surface area contributed by atoms with Gasteiger partial charge >= 0.3 is 12.1 Å². The second-order valence-corrected chi connectivity index (χ2v) is 1.20. The van der Waals surface area contributed by atoms with Gasteiger partial charge in [-0.05, 0) is 6.92 Å². The van der Waals surface area contributed by atoms with E-state index in [4.69, 9.17) is 5.53 Å². The fraction of sp³-hybridized carbons (Fsp3) is 0.500. The Morgan fingerprint density at radius 1 is 1.55 bits per heavy atom. The third-order valence-corrected chi connectivity index (χ3v) is 0.397. The predicted molar refractivity (Wildman–Crippen MR) is 35.9 cm³/mol. The van der Waals surface area contributed by atoms with Crippen LogP contribution in [0.25, 0.3) is 0 Å². The molecule has 0 aliphatic carbocycles. The highest BCUT2D eigenvalue weighted by Crippen LogP contribution is 1.66. The van der Waals surface area contributed by atoms with E-state index in [2.05, 4.69) is 21.3 Å². The summed E-state index contributed by atoms with van der Waals surface area (Å²) >= 11 is 0. The molecule has 64 valence electrons. The van der Waals surface area contributed by atoms with E-state index >= 15 is 0 Å². The molecule has 0 spiro atoms. The number of urea groups is 1. The van der Waals surface area contributed by atoms with E-state index in [1.807, 2.05) is 0 Å². The topological polar surface area (TPSA) is 132 Å². The van der Waals surface area contributed by atoms with Crippen LogP contribution in [-0.2, 0) is 4.74 Å². The molecule has 0 saturated heterocycles. The molecule has 0 aromatic heterocycles. The van der Waals surface area contributed by atoms with Gasteiger partial charge in [0.1, 0.15) is 0 Å². The summed E-state index contributed by atoms with van der Waals surface area (Å²) in [5.74, 6) is 0. The van der Waals surface area contributed by atoms with Crippen LogP contribution in [0.2, 0.25) is 0 Å². The van der Waals surface area contributed by atoms with Crippen LogP contribution >= 0.6 is 0 Å². The molecule has 0 rings (SSSR count). The number of hydrogen-bond donors (Lipinski definition) is 3. The Hall–Kier alpha value is -1.66. The molecule has 0 heterocycles. The minimum absolute atomic E-state index is 0.356. The van der Waals surface area contributed by atoms with Crippen LogP contribution in [0.5, 0.6) is 0 Å². The number of rotatable bonds is 1. The van der Waals surface area contributed by atoms with Gasteiger partial charge in [0.15, 0.2) is 0 Å². The lowest BCUT2D eigenvalue weighted by Crippen LogP contribution is -2.11. The van der Waals surface area contributed by atoms with Gasteiger partial charge in [0.2, 0.25) is 0 Å². The Kier molecular flexibility index (Phi) is 9.14. The molecule has 0 atom stereocenters. The highest BCUT2D eigenvalue weighted by Gasteiger charge is 1.82. The first-order valence-electron chi connectivity index (χ1n) is 2.63. The summed E-state index contributed by atoms with van der Waals surface area (Å²) in [6.45, 7) is 2.06. The minimum Gasteiger partial charge on any atom is -0.450 e. The van der Waals surface area contributed by atoms with Crippen molar-refractivity contribution in [3.8, 4) is 0 Å². The van der Waals surface area contributed by atoms with Crippen LogP contribution in [0, 0.1) is 5.53 Å². The normalized spacial score (nSPS) is 7.00. The first kappa shape index (κ1) is 12.1. The zero-order chi connectivity index (χ0) is 9.28. The Balaban J connectivity index is 0. The first-order chi connectivity index (χ1) is 5.04. The van der Waals surface area contributed by atoms with Crippen LogP contribution in [0.3, 0.4) is 0 Å². The van der Waals surface area contributed by atoms with Crippen molar-refractivity contribution in [1.29, 1.82) is 5.53 Å². The Morgan fingerprint density at radius 2 is 1.91 bits per heavy atom. The third kappa shape index (κ3) is 30.1. The molecular formula is C4H10N4O3. The number of ether oxygens (including phenoxy) is 1. The van der Waals surface area contributed by atoms with Crippen molar-refractivity contribution in [2.45, 2.75) is 6.92 Å². The van der Waals surface area contributed by atoms with E-state index in [0.29, 0.717) is 6.61 Å². The number of carbonyl (C=O) groups excluding carboxylic acids is 2. The average molecular weight is 162 g/mol. The molecule has 0 bridgehead atoms. The van der Waals surface area contributed by atoms with Crippen molar-refractivity contribution in [3.05, 3.63) is 0 Å². The summed E-state index contributed by atoms with van der Waals surface area (Å²) in [7, 11) is 0. The molecule has 0 aliphatic heterocycles. The number of hydrogen-bond acceptors (Lipinski definition) is 4. The highest BCUT2D eigenvalue weighted by atomic mass is 16.5. The second kappa shape index (κ2) is 8.34. The number of carbonyl (C=O) groups is 2. The van der Waals surface area contributed by atoms with Crippen LogP contribution in [0.4, 0.5) is 9.59 Å². The van der Waals surface area contributed by atoms with Gasteiger partial charge < -0.3 is 16.2 Å². The van der Waals surface area contributed by atoms with Gasteiger partial charge in [0.05, 0.1) is 6.61 Å². The van der Waals surface area contributed by atoms with E-state index < -0.39 is 12.1 Å². The lowest BCUT2D eigenvalue weighted by molar-refractivity contribution is 0.163. The molecule has 0 fully saturated rings. The van der Waals surface area contributed by atoms with Gasteiger partial charge in [-0.15, -0.1) is 0 Å². The maximum Gasteiger partial charge on any atom is 0.404 e. The molecule has 0 unspecified atom stereocenters. The molecule has 0 aliphatic rings. The largest absolute Gasteiger partial charge is 0.450 e. The molecular weight excluding hydrogens is 152 g/mol. The van der Waals surface area contributed by atoms with Crippen molar-refractivity contribution in [2.75, 3.05) is 6.61 Å². The van der Waals surface area contributed by atoms with Gasteiger partial charge in [0.25, 0.3) is 0 Å². The summed E-state index contributed by atoms with van der Waals surface area (Å²) in [6.07, 6.45) is -0.711. The van der Waals surface area contributed by atoms with Crippen LogP contribution < -0.4 is 11.5 Å². The highest BCUT2D eigenvalue weighted by molar-refractivity contribution is 5.71. The van der Waals surface area contributed by atoms with Gasteiger partial charge in [-0.2, -0.15) is 5.53 Å². The second-order valence-electron chi connectivity index (χ2n) is 1.20. The number of nitrogens with zero attached hydrogens (tertiary/aromatic N) is 1. The average Bonchev–Trinajstić information content (AvgIpc) is 1.89. The number of amides is 3. The van der Waals surface area contributed by atoms with E-state index in [9.17, 15) is 9.59 Å². The predicted octanol–water partition coefficient (Wildman–Crippen LogP) is 0.198. The van der Waals surface area contributed by atoms with Crippen LogP contribution in [0.1, 0.15) is 6.92 Å². The van der Waals surface area contributed by atoms with E-state index in [0.717, 1.165) is 0 Å². The molecule has 7 heteroatoms. The maximum atomic E-state index is 9.60. The lowest BCUT2D eigenvalue weighted by Gasteiger charge is -1.89. The Bertz CT molecular complexity index is 146. The van der Waals surface area contributed by atoms with Crippen molar-refractivity contribution < 1.29 is 14.3 Å². The van der Waals surface area contributed by atoms with Crippen molar-refractivity contribution in [2.24, 2.45) is 16.6 Å². The number of primary amides is 2. The molecule has 0 saturated carbocycles. The standard InChI is InChI=1S/C3H7NO2.CH3N3O/c1-2-6-3(4)5;2-1(5)4-3/h2H2,1H3,(H2,4,5);3H,(H2,2,5). The number of nitrogens with two attached hydrogens (primary N) is 2. The van der Waals surface area contributed by atoms with Gasteiger partial charge in [-0.25, -0.2) is 9.59 Å². The molecule has 0 aromatic rings. The minimum atomic E-state index is -0.954. The summed E-state index contributed by atoms with van der Waals surface area (Å²) < 4.78 is 4.18. The molecule has 3 amide bonds. The van der Waals surface area contributed by atoms with Gasteiger partial charge in [-0.1, -0.05) is 5.11 Å². The summed E-state index contributed by atoms with van der Waals surface area (Å²) in [4.78, 5) is 18.8. The van der Waals surface area contributed by atoms with E-state index in [-0.39, 0.29) is 0 Å². The molecule has 0 radical (unpaired) electrons. The van der Waals surface area contributed by atoms with Crippen LogP contribution in [0.15, 0.2) is 5.11 Å². The van der Waals surface area contributed by atoms with Crippen LogP contribution in [-0.4, -0.2) is 18.7 Å². The third-order valence-electron chi connectivity index (χ3n) is 0.397. The quantitative estimate of drug-likeness (QED) is 0.475. The van der Waals surface area contributed by atoms with Gasteiger partial charge in [-0.3, -0.25) is 0 Å². The summed E-state index contributed by atoms with van der Waals surface area (Å²) in [5.41, 5.74) is 14.6. The Morgan fingerprint density at radius 3 is 1.91 bits per heavy atom. The fourth-order valence-corrected chi connectivity index (χ4v) is 0.142. The maximum absolute atomic E-state index is 9.60. The summed E-state index contributed by atoms with van der Waals surface area (Å²) in [6, 6.07) is -0.954. The van der Waals surface area contributed by atoms with Crippen molar-refractivity contribution in [1.82, 2.24) is 0 Å². The van der Waals surface area contributed by atoms with E-state index in [1.165, 1.54) is 0 Å². The molecule has 11 heavy (non-hydrogen) atoms. The fourth-order valence-electron chi connectivity index (χ4n) is 0.142. The van der Waals surface area contributed by atoms with Crippen molar-refractivity contribution in [3.63, 3.8) is 0 Å². The zero-order valence-corrected chi connectivity index (χ0v) is 6.03. The van der Waals surface area contributed by atoms with E-state index in [1.54, 1.807) is 6.92 Å². The SMILES string of the molecule is CCOC(N)=O.N=NC(N)=O. The molecule has 0 aromatic carbocycles. The molecule has 7 nitrogen and oxygen atoms in total. The van der Waals surface area contributed by atoms with Gasteiger partial charge in [0, 0.05) is 0 Å².